The lowest BCUT2D eigenvalue weighted by Crippen LogP contribution is -2.54. The van der Waals surface area contributed by atoms with E-state index in [9.17, 15) is 99.0 Å². The highest BCUT2D eigenvalue weighted by Gasteiger charge is 2.29. The van der Waals surface area contributed by atoms with Crippen LogP contribution in [0.15, 0.2) is 93.8 Å². The molecule has 0 fully saturated rings. The van der Waals surface area contributed by atoms with Crippen LogP contribution >= 0.6 is 0 Å². The van der Waals surface area contributed by atoms with Crippen LogP contribution < -0.4 is 47.0 Å². The van der Waals surface area contributed by atoms with Gasteiger partial charge < -0.3 is 87.6 Å². The first-order valence-corrected chi connectivity index (χ1v) is 31.6. The topological polar surface area (TPSA) is 527 Å². The number of carbonyl (C=O) groups excluding carboxylic acids is 5. The number of carboxylic acid groups (broad SMARTS) is 5. The van der Waals surface area contributed by atoms with Gasteiger partial charge in [-0.25, -0.2) is 19.7 Å². The standard InChI is InChI=1S/C65H87N13O20/c1-41(80)68-32-56(84)74-50(62(93)69-34-58(86)76-52(40-79)63(94)70-33-57(85)75-51(64(95)96)31-42-25-27-45(81)28-26-42)17-8-10-29-66-54(82)23-6-4-2-3-5-7-24-55(83)67-30-11-9-22-53(65(97)98)78(39-61(91)92)36-44-16-13-19-47(72-44)49-21-14-20-48(73-49)46-18-12-15-43(71-46)35-77(37-59(87)88)38-60(89)90/h12-16,18-21,25-28,50-53,79,81H,2-11,17,22-24,29-40H2,1H3,(H,66,82)(H,67,83)(H,68,80)(H,69,93)(H,70,94)(H,74,84)(H,75,85)(H,76,86)(H,87,88)(H,89,90)(H,91,92)(H,95,96)(H,97,98)/p-4/t50-,51-,52-,53?/m0/s1. The third-order valence-electron chi connectivity index (χ3n) is 14.6. The van der Waals surface area contributed by atoms with E-state index in [1.807, 2.05) is 0 Å². The van der Waals surface area contributed by atoms with Gasteiger partial charge in [0.25, 0.3) is 0 Å². The smallest absolute Gasteiger partial charge is 0.326 e. The summed E-state index contributed by atoms with van der Waals surface area (Å²) in [6.07, 6.45) is 5.93. The zero-order valence-corrected chi connectivity index (χ0v) is 54.2. The van der Waals surface area contributed by atoms with Crippen LogP contribution in [0.1, 0.15) is 114 Å². The number of nitrogens with one attached hydrogen (secondary N) is 5. The van der Waals surface area contributed by atoms with Crippen molar-refractivity contribution < 1.29 is 99.0 Å². The van der Waals surface area contributed by atoms with E-state index in [2.05, 4.69) is 51.5 Å². The van der Waals surface area contributed by atoms with Crippen molar-refractivity contribution in [2.24, 2.45) is 15.0 Å². The van der Waals surface area contributed by atoms with Crippen LogP contribution in [-0.2, 0) is 67.5 Å². The third-order valence-corrected chi connectivity index (χ3v) is 14.6. The number of hydrogen-bond acceptors (Lipinski definition) is 23. The van der Waals surface area contributed by atoms with Crippen LogP contribution in [-0.4, -0.2) is 216 Å². The second-order valence-electron chi connectivity index (χ2n) is 22.7. The number of nitrogens with zero attached hydrogens (tertiary/aromatic N) is 8. The number of aliphatic imine (C=N–C) groups is 3. The largest absolute Gasteiger partial charge is 0.872 e. The number of benzene rings is 1. The SMILES string of the molecule is CC([O-])=NCC(=O)N[C@@H](CCCCN=C([O-])CCCCCCCCC([O-])=NCCCCC(C(=O)O)N(CC(=O)O)Cc1cccc(-c2cccc(-c3cccc(CN(CC(=O)O)CC(=O)O)n3)n2)n1)C(=O)NCC(=O)N[C@@H](CO)C(=O)NCC(=O)N[C@@H](Cc1ccc([O-])cc1)C(=O)O. The highest BCUT2D eigenvalue weighted by molar-refractivity contribution is 5.94. The van der Waals surface area contributed by atoms with Gasteiger partial charge in [-0.15, -0.1) is 5.75 Å². The number of aromatic nitrogens is 3. The van der Waals surface area contributed by atoms with Crippen LogP contribution in [0.5, 0.6) is 5.75 Å². The Morgan fingerprint density at radius 1 is 0.500 bits per heavy atom. The molecule has 11 N–H and O–H groups in total. The molecule has 0 saturated heterocycles. The van der Waals surface area contributed by atoms with E-state index in [0.29, 0.717) is 71.8 Å². The fourth-order valence-corrected chi connectivity index (χ4v) is 9.79. The number of aliphatic hydroxyl groups is 1. The Labute approximate surface area is 564 Å². The maximum atomic E-state index is 13.2. The summed E-state index contributed by atoms with van der Waals surface area (Å²) in [5.74, 6) is -12.3. The Hall–Kier alpha value is -10.5. The van der Waals surface area contributed by atoms with Crippen molar-refractivity contribution in [3.63, 3.8) is 0 Å². The molecule has 4 rings (SSSR count). The molecule has 1 unspecified atom stereocenters. The second-order valence-corrected chi connectivity index (χ2v) is 22.7. The fourth-order valence-electron chi connectivity index (χ4n) is 9.79. The van der Waals surface area contributed by atoms with Crippen molar-refractivity contribution in [1.82, 2.24) is 51.3 Å². The average Bonchev–Trinajstić information content (AvgIpc) is 0.828. The Morgan fingerprint density at radius 2 is 0.959 bits per heavy atom. The number of rotatable bonds is 48. The van der Waals surface area contributed by atoms with Crippen LogP contribution in [0.4, 0.5) is 0 Å². The van der Waals surface area contributed by atoms with Gasteiger partial charge in [-0.05, 0) is 131 Å². The number of carbonyl (C=O) groups is 10. The number of amides is 5. The van der Waals surface area contributed by atoms with Crippen molar-refractivity contribution >= 4 is 77.1 Å². The van der Waals surface area contributed by atoms with E-state index in [1.165, 1.54) is 34.1 Å². The van der Waals surface area contributed by atoms with Gasteiger partial charge in [-0.1, -0.05) is 68.1 Å². The molecule has 4 atom stereocenters. The molecule has 0 aliphatic heterocycles. The summed E-state index contributed by atoms with van der Waals surface area (Å²) < 4.78 is 0. The Bertz CT molecular complexity index is 3390. The first kappa shape index (κ1) is 79.9. The van der Waals surface area contributed by atoms with Crippen LogP contribution in [0.3, 0.4) is 0 Å². The van der Waals surface area contributed by atoms with E-state index in [1.54, 1.807) is 54.6 Å². The highest BCUT2D eigenvalue weighted by Crippen LogP contribution is 2.23. The van der Waals surface area contributed by atoms with Crippen molar-refractivity contribution in [3.05, 3.63) is 95.8 Å². The number of hydrogen-bond donors (Lipinski definition) is 11. The minimum atomic E-state index is -1.60. The van der Waals surface area contributed by atoms with E-state index >= 15 is 0 Å². The Kier molecular flexibility index (Phi) is 35.5. The van der Waals surface area contributed by atoms with Gasteiger partial charge >= 0.3 is 29.8 Å². The molecule has 3 heterocycles. The quantitative estimate of drug-likeness (QED) is 0.0134. The molecule has 5 amide bonds. The summed E-state index contributed by atoms with van der Waals surface area (Å²) >= 11 is 0. The monoisotopic (exact) mass is 1370 g/mol. The molecule has 3 aromatic heterocycles. The maximum absolute atomic E-state index is 13.2. The van der Waals surface area contributed by atoms with Crippen molar-refractivity contribution in [2.75, 3.05) is 59.0 Å². The molecular weight excluding hydrogens is 1280 g/mol. The predicted molar refractivity (Wildman–Crippen MR) is 344 cm³/mol. The highest BCUT2D eigenvalue weighted by atomic mass is 16.4. The van der Waals surface area contributed by atoms with Crippen LogP contribution in [0, 0.1) is 0 Å². The van der Waals surface area contributed by atoms with Gasteiger partial charge in [0, 0.05) is 32.6 Å². The fraction of sp³-hybridized carbons (Fsp3) is 0.477. The minimum absolute atomic E-state index is 0.0207. The molecule has 0 bridgehead atoms. The van der Waals surface area contributed by atoms with Crippen molar-refractivity contribution in [3.8, 4) is 28.5 Å². The first-order valence-electron chi connectivity index (χ1n) is 31.6. The van der Waals surface area contributed by atoms with Crippen molar-refractivity contribution in [2.45, 2.75) is 140 Å². The number of aliphatic carboxylic acids is 5. The minimum Gasteiger partial charge on any atom is -0.872 e. The Morgan fingerprint density at radius 3 is 1.45 bits per heavy atom. The summed E-state index contributed by atoms with van der Waals surface area (Å²) in [5, 5.41) is 117. The summed E-state index contributed by atoms with van der Waals surface area (Å²) in [6, 6.07) is 15.0. The average molecular weight is 1370 g/mol. The third kappa shape index (κ3) is 32.3. The molecule has 0 aliphatic rings. The summed E-state index contributed by atoms with van der Waals surface area (Å²) in [5.41, 5.74) is 2.92. The summed E-state index contributed by atoms with van der Waals surface area (Å²) in [4.78, 5) is 151. The Balaban J connectivity index is 1.13. The van der Waals surface area contributed by atoms with Crippen LogP contribution in [0.2, 0.25) is 0 Å². The molecule has 1 aromatic carbocycles. The maximum Gasteiger partial charge on any atom is 0.326 e. The molecule has 98 heavy (non-hydrogen) atoms. The number of aliphatic hydroxyl groups excluding tert-OH is 1. The molecule has 532 valence electrons. The van der Waals surface area contributed by atoms with Gasteiger partial charge in [-0.3, -0.25) is 57.9 Å². The molecule has 0 aliphatic carbocycles. The summed E-state index contributed by atoms with van der Waals surface area (Å²) in [6.45, 7) is -3.37. The molecular formula is C65H83N13O20-4. The zero-order valence-electron chi connectivity index (χ0n) is 54.2. The zero-order chi connectivity index (χ0) is 71.9. The molecule has 0 radical (unpaired) electrons. The molecule has 0 saturated carbocycles. The van der Waals surface area contributed by atoms with Gasteiger partial charge in [0.2, 0.25) is 29.5 Å². The lowest BCUT2D eigenvalue weighted by Gasteiger charge is -2.27. The lowest BCUT2D eigenvalue weighted by atomic mass is 10.1. The summed E-state index contributed by atoms with van der Waals surface area (Å²) in [7, 11) is 0. The number of pyridine rings is 3. The van der Waals surface area contributed by atoms with Gasteiger partial charge in [0.1, 0.15) is 30.7 Å². The molecule has 0 spiro atoms. The van der Waals surface area contributed by atoms with Crippen molar-refractivity contribution in [1.29, 1.82) is 0 Å². The predicted octanol–water partition coefficient (Wildman–Crippen LogP) is -1.65. The molecule has 33 nitrogen and oxygen atoms in total. The first-order chi connectivity index (χ1) is 46.8. The van der Waals surface area contributed by atoms with Gasteiger partial charge in [0.15, 0.2) is 0 Å². The number of carboxylic acids is 5. The molecule has 4 aromatic rings. The van der Waals surface area contributed by atoms with E-state index in [-0.39, 0.29) is 82.2 Å². The lowest BCUT2D eigenvalue weighted by molar-refractivity contribution is -0.268. The van der Waals surface area contributed by atoms with E-state index in [0.717, 1.165) is 32.6 Å². The normalized spacial score (nSPS) is 13.0. The van der Waals surface area contributed by atoms with Crippen LogP contribution in [0.25, 0.3) is 22.8 Å². The number of unbranched alkanes of at least 4 members (excludes halogenated alkanes) is 7. The molecule has 33 heteroatoms. The second kappa shape index (κ2) is 43.5. The van der Waals surface area contributed by atoms with E-state index < -0.39 is 135 Å². The van der Waals surface area contributed by atoms with E-state index in [4.69, 9.17) is 4.98 Å². The van der Waals surface area contributed by atoms with Gasteiger partial charge in [0.05, 0.1) is 73.5 Å². The van der Waals surface area contributed by atoms with Gasteiger partial charge in [-0.2, -0.15) is 0 Å².